The highest BCUT2D eigenvalue weighted by Crippen LogP contribution is 2.22. The van der Waals surface area contributed by atoms with E-state index in [1.165, 1.54) is 0 Å². The molecule has 1 aliphatic heterocycles. The van der Waals surface area contributed by atoms with Gasteiger partial charge in [-0.1, -0.05) is 23.7 Å². The highest BCUT2D eigenvalue weighted by atomic mass is 35.5. The number of ether oxygens (including phenoxy) is 1. The molecule has 2 amide bonds. The normalized spacial score (nSPS) is 17.7. The zero-order valence-corrected chi connectivity index (χ0v) is 16.9. The number of piperidine rings is 1. The highest BCUT2D eigenvalue weighted by Gasteiger charge is 2.32. The van der Waals surface area contributed by atoms with Crippen LogP contribution in [0.4, 0.5) is 4.79 Å². The molecule has 144 valence electrons. The zero-order valence-electron chi connectivity index (χ0n) is 16.1. The molecule has 1 atom stereocenters. The molecule has 1 saturated heterocycles. The van der Waals surface area contributed by atoms with E-state index >= 15 is 0 Å². The summed E-state index contributed by atoms with van der Waals surface area (Å²) in [6.45, 7) is 9.77. The Morgan fingerprint density at radius 1 is 1.27 bits per heavy atom. The van der Waals surface area contributed by atoms with Crippen LogP contribution in [0.5, 0.6) is 0 Å². The van der Waals surface area contributed by atoms with Gasteiger partial charge in [0.25, 0.3) is 0 Å². The Bertz CT molecular complexity index is 625. The van der Waals surface area contributed by atoms with Crippen LogP contribution in [-0.4, -0.2) is 47.0 Å². The summed E-state index contributed by atoms with van der Waals surface area (Å²) in [5, 5.41) is 0.684. The number of carbonyl (C=O) groups is 2. The Labute approximate surface area is 161 Å². The third-order valence-electron chi connectivity index (χ3n) is 4.40. The van der Waals surface area contributed by atoms with E-state index in [2.05, 4.69) is 0 Å². The lowest BCUT2D eigenvalue weighted by molar-refractivity contribution is -0.137. The fourth-order valence-corrected chi connectivity index (χ4v) is 3.21. The molecular weight excluding hydrogens is 352 g/mol. The molecule has 2 rings (SSSR count). The summed E-state index contributed by atoms with van der Waals surface area (Å²) in [7, 11) is 0. The molecular formula is C20H29ClN2O3. The number of benzene rings is 1. The fourth-order valence-electron chi connectivity index (χ4n) is 3.08. The van der Waals surface area contributed by atoms with Crippen LogP contribution in [0, 0.1) is 5.92 Å². The van der Waals surface area contributed by atoms with Crippen molar-refractivity contribution in [1.82, 2.24) is 9.80 Å². The predicted octanol–water partition coefficient (Wildman–Crippen LogP) is 4.34. The second kappa shape index (κ2) is 8.76. The molecule has 5 nitrogen and oxygen atoms in total. The van der Waals surface area contributed by atoms with Crippen molar-refractivity contribution < 1.29 is 14.3 Å². The van der Waals surface area contributed by atoms with E-state index in [1.807, 2.05) is 56.9 Å². The Morgan fingerprint density at radius 2 is 1.92 bits per heavy atom. The first kappa shape index (κ1) is 20.6. The largest absolute Gasteiger partial charge is 0.444 e. The van der Waals surface area contributed by atoms with Gasteiger partial charge in [-0.15, -0.1) is 0 Å². The third-order valence-corrected chi connectivity index (χ3v) is 4.65. The SMILES string of the molecule is CCN(Cc1ccc(Cl)cc1)C(=O)C1CCCN(C(=O)OC(C)(C)C)C1. The molecule has 0 saturated carbocycles. The van der Waals surface area contributed by atoms with Crippen LogP contribution in [-0.2, 0) is 16.1 Å². The molecule has 1 aromatic rings. The van der Waals surface area contributed by atoms with Crippen LogP contribution in [0.15, 0.2) is 24.3 Å². The van der Waals surface area contributed by atoms with E-state index in [4.69, 9.17) is 16.3 Å². The molecule has 1 fully saturated rings. The summed E-state index contributed by atoms with van der Waals surface area (Å²) in [6.07, 6.45) is 1.28. The van der Waals surface area contributed by atoms with Crippen molar-refractivity contribution in [3.63, 3.8) is 0 Å². The zero-order chi connectivity index (χ0) is 19.3. The number of likely N-dealkylation sites (tertiary alicyclic amines) is 1. The molecule has 1 aliphatic rings. The van der Waals surface area contributed by atoms with Crippen molar-refractivity contribution in [2.45, 2.75) is 52.7 Å². The van der Waals surface area contributed by atoms with Crippen LogP contribution >= 0.6 is 11.6 Å². The number of rotatable bonds is 4. The van der Waals surface area contributed by atoms with Gasteiger partial charge < -0.3 is 14.5 Å². The maximum Gasteiger partial charge on any atom is 0.410 e. The van der Waals surface area contributed by atoms with Gasteiger partial charge in [0.15, 0.2) is 0 Å². The lowest BCUT2D eigenvalue weighted by atomic mass is 9.96. The number of carbonyl (C=O) groups excluding carboxylic acids is 2. The van der Waals surface area contributed by atoms with E-state index in [9.17, 15) is 9.59 Å². The standard InChI is InChI=1S/C20H29ClN2O3/c1-5-22(13-15-8-10-17(21)11-9-15)18(24)16-7-6-12-23(14-16)19(25)26-20(2,3)4/h8-11,16H,5-7,12-14H2,1-4H3. The molecule has 0 aromatic heterocycles. The Hall–Kier alpha value is -1.75. The number of nitrogens with zero attached hydrogens (tertiary/aromatic N) is 2. The van der Waals surface area contributed by atoms with E-state index in [-0.39, 0.29) is 17.9 Å². The van der Waals surface area contributed by atoms with E-state index in [1.54, 1.807) is 4.90 Å². The van der Waals surface area contributed by atoms with E-state index < -0.39 is 5.60 Å². The van der Waals surface area contributed by atoms with Crippen LogP contribution in [0.1, 0.15) is 46.1 Å². The second-order valence-electron chi connectivity index (χ2n) is 7.74. The minimum atomic E-state index is -0.530. The summed E-state index contributed by atoms with van der Waals surface area (Å²) in [5.41, 5.74) is 0.516. The number of hydrogen-bond acceptors (Lipinski definition) is 3. The van der Waals surface area contributed by atoms with Gasteiger partial charge in [0.05, 0.1) is 5.92 Å². The average molecular weight is 381 g/mol. The summed E-state index contributed by atoms with van der Waals surface area (Å²) in [5.74, 6) is -0.0840. The minimum Gasteiger partial charge on any atom is -0.444 e. The lowest BCUT2D eigenvalue weighted by Crippen LogP contribution is -2.47. The molecule has 0 spiro atoms. The molecule has 1 aromatic carbocycles. The van der Waals surface area contributed by atoms with Crippen LogP contribution in [0.3, 0.4) is 0 Å². The molecule has 1 heterocycles. The first-order valence-electron chi connectivity index (χ1n) is 9.20. The van der Waals surface area contributed by atoms with Crippen molar-refractivity contribution in [1.29, 1.82) is 0 Å². The molecule has 0 aliphatic carbocycles. The first-order chi connectivity index (χ1) is 12.2. The molecule has 6 heteroatoms. The van der Waals surface area contributed by atoms with Gasteiger partial charge >= 0.3 is 6.09 Å². The van der Waals surface area contributed by atoms with Gasteiger partial charge in [0.2, 0.25) is 5.91 Å². The van der Waals surface area contributed by atoms with Gasteiger partial charge in [-0.25, -0.2) is 4.79 Å². The maximum atomic E-state index is 13.0. The molecule has 26 heavy (non-hydrogen) atoms. The Morgan fingerprint density at radius 3 is 2.50 bits per heavy atom. The average Bonchev–Trinajstić information content (AvgIpc) is 2.59. The van der Waals surface area contributed by atoms with Crippen LogP contribution < -0.4 is 0 Å². The number of halogens is 1. The Balaban J connectivity index is 1.99. The van der Waals surface area contributed by atoms with Crippen molar-refractivity contribution in [2.24, 2.45) is 5.92 Å². The third kappa shape index (κ3) is 5.90. The summed E-state index contributed by atoms with van der Waals surface area (Å²) in [4.78, 5) is 28.8. The fraction of sp³-hybridized carbons (Fsp3) is 0.600. The van der Waals surface area contributed by atoms with Crippen molar-refractivity contribution in [3.8, 4) is 0 Å². The van der Waals surface area contributed by atoms with E-state index in [0.29, 0.717) is 31.2 Å². The monoisotopic (exact) mass is 380 g/mol. The minimum absolute atomic E-state index is 0.0932. The van der Waals surface area contributed by atoms with Gasteiger partial charge in [-0.05, 0) is 58.2 Å². The van der Waals surface area contributed by atoms with Crippen LogP contribution in [0.25, 0.3) is 0 Å². The lowest BCUT2D eigenvalue weighted by Gasteiger charge is -2.35. The topological polar surface area (TPSA) is 49.9 Å². The van der Waals surface area contributed by atoms with Crippen molar-refractivity contribution >= 4 is 23.6 Å². The van der Waals surface area contributed by atoms with Crippen LogP contribution in [0.2, 0.25) is 5.02 Å². The van der Waals surface area contributed by atoms with E-state index in [0.717, 1.165) is 18.4 Å². The number of amides is 2. The van der Waals surface area contributed by atoms with Crippen molar-refractivity contribution in [3.05, 3.63) is 34.9 Å². The van der Waals surface area contributed by atoms with Gasteiger partial charge in [0.1, 0.15) is 5.60 Å². The quantitative estimate of drug-likeness (QED) is 0.780. The summed E-state index contributed by atoms with van der Waals surface area (Å²) in [6, 6.07) is 7.54. The number of hydrogen-bond donors (Lipinski definition) is 0. The first-order valence-corrected chi connectivity index (χ1v) is 9.58. The Kier molecular flexibility index (Phi) is 6.93. The summed E-state index contributed by atoms with van der Waals surface area (Å²) >= 11 is 5.93. The van der Waals surface area contributed by atoms with Gasteiger partial charge in [-0.2, -0.15) is 0 Å². The predicted molar refractivity (Wildman–Crippen MR) is 103 cm³/mol. The summed E-state index contributed by atoms with van der Waals surface area (Å²) < 4.78 is 5.45. The second-order valence-corrected chi connectivity index (χ2v) is 8.18. The molecule has 0 bridgehead atoms. The molecule has 1 unspecified atom stereocenters. The maximum absolute atomic E-state index is 13.0. The van der Waals surface area contributed by atoms with Gasteiger partial charge in [-0.3, -0.25) is 4.79 Å². The van der Waals surface area contributed by atoms with Crippen molar-refractivity contribution in [2.75, 3.05) is 19.6 Å². The molecule has 0 N–H and O–H groups in total. The molecule has 0 radical (unpaired) electrons. The highest BCUT2D eigenvalue weighted by molar-refractivity contribution is 6.30. The smallest absolute Gasteiger partial charge is 0.410 e. The van der Waals surface area contributed by atoms with Gasteiger partial charge in [0, 0.05) is 31.2 Å².